The van der Waals surface area contributed by atoms with E-state index in [1.807, 2.05) is 11.1 Å². The van der Waals surface area contributed by atoms with E-state index in [0.717, 1.165) is 17.8 Å². The average Bonchev–Trinajstić information content (AvgIpc) is 2.99. The molecule has 0 nitrogen and oxygen atoms in total. The van der Waals surface area contributed by atoms with Crippen LogP contribution in [0.3, 0.4) is 0 Å². The standard InChI is InChI=1S/C36H45P/c1-6-16-28(17-7-1)33-26-27-34(37(31-22-12-4-13-23-31)32-24-14-5-15-25-32)36(30-20-10-3-11-21-30)35(33)29-18-8-2-9-19-29/h4-5,12-15,22-30H,1-3,6-11,16-21H2. The highest BCUT2D eigenvalue weighted by Gasteiger charge is 2.33. The summed E-state index contributed by atoms with van der Waals surface area (Å²) in [5, 5.41) is 4.72. The van der Waals surface area contributed by atoms with Crippen molar-refractivity contribution in [3.05, 3.63) is 89.5 Å². The first kappa shape index (κ1) is 25.4. The zero-order valence-corrected chi connectivity index (χ0v) is 23.6. The van der Waals surface area contributed by atoms with Crippen LogP contribution in [0.5, 0.6) is 0 Å². The van der Waals surface area contributed by atoms with Crippen molar-refractivity contribution in [3.8, 4) is 0 Å². The minimum absolute atomic E-state index is 0.559. The van der Waals surface area contributed by atoms with E-state index in [9.17, 15) is 0 Å². The summed E-state index contributed by atoms with van der Waals surface area (Å²) in [6.45, 7) is 0. The summed E-state index contributed by atoms with van der Waals surface area (Å²) in [6, 6.07) is 28.3. The van der Waals surface area contributed by atoms with Crippen LogP contribution in [0, 0.1) is 0 Å². The van der Waals surface area contributed by atoms with E-state index in [0.29, 0.717) is 0 Å². The maximum absolute atomic E-state index is 2.66. The van der Waals surface area contributed by atoms with Gasteiger partial charge in [0.15, 0.2) is 0 Å². The molecule has 0 bridgehead atoms. The Morgan fingerprint density at radius 3 is 1.32 bits per heavy atom. The molecule has 0 amide bonds. The normalized spacial score (nSPS) is 20.4. The van der Waals surface area contributed by atoms with Gasteiger partial charge in [-0.25, -0.2) is 0 Å². The predicted octanol–water partition coefficient (Wildman–Crippen LogP) is 9.59. The molecule has 0 saturated heterocycles. The quantitative estimate of drug-likeness (QED) is 0.291. The van der Waals surface area contributed by atoms with Crippen LogP contribution in [0.25, 0.3) is 0 Å². The monoisotopic (exact) mass is 508 g/mol. The Kier molecular flexibility index (Phi) is 8.43. The van der Waals surface area contributed by atoms with Gasteiger partial charge in [0.05, 0.1) is 0 Å². The van der Waals surface area contributed by atoms with Crippen LogP contribution in [0.2, 0.25) is 0 Å². The first-order valence-electron chi connectivity index (χ1n) is 15.5. The number of benzene rings is 3. The fourth-order valence-electron chi connectivity index (χ4n) is 7.85. The second kappa shape index (κ2) is 12.3. The molecule has 0 unspecified atom stereocenters. The van der Waals surface area contributed by atoms with Gasteiger partial charge in [-0.2, -0.15) is 0 Å². The molecule has 37 heavy (non-hydrogen) atoms. The van der Waals surface area contributed by atoms with Crippen molar-refractivity contribution in [1.29, 1.82) is 0 Å². The molecule has 6 rings (SSSR count). The summed E-state index contributed by atoms with van der Waals surface area (Å²) in [5.74, 6) is 2.33. The van der Waals surface area contributed by atoms with Gasteiger partial charge >= 0.3 is 0 Å². The van der Waals surface area contributed by atoms with Crippen LogP contribution in [0.4, 0.5) is 0 Å². The maximum Gasteiger partial charge on any atom is -0.0113 e. The van der Waals surface area contributed by atoms with Gasteiger partial charge in [0, 0.05) is 0 Å². The minimum Gasteiger partial charge on any atom is -0.0622 e. The van der Waals surface area contributed by atoms with Crippen LogP contribution >= 0.6 is 7.92 Å². The van der Waals surface area contributed by atoms with E-state index in [1.54, 1.807) is 10.9 Å². The summed E-state index contributed by atoms with van der Waals surface area (Å²) in [7, 11) is -0.559. The van der Waals surface area contributed by atoms with Crippen molar-refractivity contribution in [2.24, 2.45) is 0 Å². The average molecular weight is 509 g/mol. The second-order valence-corrected chi connectivity index (χ2v) is 14.2. The Morgan fingerprint density at radius 1 is 0.405 bits per heavy atom. The third kappa shape index (κ3) is 5.61. The summed E-state index contributed by atoms with van der Waals surface area (Å²) in [4.78, 5) is 0. The van der Waals surface area contributed by atoms with E-state index < -0.39 is 7.92 Å². The Bertz CT molecular complexity index is 1080. The van der Waals surface area contributed by atoms with E-state index in [2.05, 4.69) is 72.8 Å². The summed E-state index contributed by atoms with van der Waals surface area (Å²) in [6.07, 6.45) is 21.3. The fourth-order valence-corrected chi connectivity index (χ4v) is 10.4. The molecule has 194 valence electrons. The van der Waals surface area contributed by atoms with Gasteiger partial charge in [-0.3, -0.25) is 0 Å². The lowest BCUT2D eigenvalue weighted by molar-refractivity contribution is 0.405. The molecule has 3 aliphatic rings. The first-order valence-corrected chi connectivity index (χ1v) is 16.8. The smallest absolute Gasteiger partial charge is 0.0113 e. The lowest BCUT2D eigenvalue weighted by Crippen LogP contribution is -2.29. The van der Waals surface area contributed by atoms with Crippen molar-refractivity contribution in [2.45, 2.75) is 114 Å². The molecule has 3 fully saturated rings. The van der Waals surface area contributed by atoms with Gasteiger partial charge in [0.2, 0.25) is 0 Å². The van der Waals surface area contributed by atoms with Crippen molar-refractivity contribution in [1.82, 2.24) is 0 Å². The Balaban J connectivity index is 1.58. The summed E-state index contributed by atoms with van der Waals surface area (Å²) >= 11 is 0. The van der Waals surface area contributed by atoms with Crippen LogP contribution in [-0.4, -0.2) is 0 Å². The predicted molar refractivity (Wildman–Crippen MR) is 163 cm³/mol. The topological polar surface area (TPSA) is 0 Å². The molecule has 0 radical (unpaired) electrons. The Hall–Kier alpha value is -1.91. The molecule has 0 heterocycles. The van der Waals surface area contributed by atoms with Crippen LogP contribution in [-0.2, 0) is 0 Å². The van der Waals surface area contributed by atoms with E-state index in [-0.39, 0.29) is 0 Å². The highest BCUT2D eigenvalue weighted by atomic mass is 31.1. The zero-order valence-electron chi connectivity index (χ0n) is 22.7. The minimum atomic E-state index is -0.559. The number of rotatable bonds is 6. The highest BCUT2D eigenvalue weighted by Crippen LogP contribution is 2.49. The molecule has 3 aromatic carbocycles. The van der Waals surface area contributed by atoms with E-state index in [4.69, 9.17) is 0 Å². The lowest BCUT2D eigenvalue weighted by atomic mass is 9.71. The molecule has 1 heteroatoms. The molecule has 3 aromatic rings. The van der Waals surface area contributed by atoms with Gasteiger partial charge in [0.1, 0.15) is 0 Å². The largest absolute Gasteiger partial charge is 0.0622 e. The molecular formula is C36H45P. The van der Waals surface area contributed by atoms with Crippen molar-refractivity contribution >= 4 is 23.8 Å². The molecular weight excluding hydrogens is 463 g/mol. The van der Waals surface area contributed by atoms with E-state index >= 15 is 0 Å². The summed E-state index contributed by atoms with van der Waals surface area (Å²) in [5.41, 5.74) is 5.50. The van der Waals surface area contributed by atoms with Crippen LogP contribution in [0.1, 0.15) is 131 Å². The maximum atomic E-state index is 2.66. The lowest BCUT2D eigenvalue weighted by Gasteiger charge is -2.37. The third-order valence-electron chi connectivity index (χ3n) is 9.64. The fraction of sp³-hybridized carbons (Fsp3) is 0.500. The molecule has 0 aromatic heterocycles. The molecule has 0 aliphatic heterocycles. The number of hydrogen-bond acceptors (Lipinski definition) is 0. The summed E-state index contributed by atoms with van der Waals surface area (Å²) < 4.78 is 0. The Morgan fingerprint density at radius 2 is 0.838 bits per heavy atom. The van der Waals surface area contributed by atoms with Crippen molar-refractivity contribution in [2.75, 3.05) is 0 Å². The number of hydrogen-bond donors (Lipinski definition) is 0. The van der Waals surface area contributed by atoms with Crippen LogP contribution < -0.4 is 15.9 Å². The zero-order chi connectivity index (χ0) is 24.9. The van der Waals surface area contributed by atoms with Gasteiger partial charge in [-0.1, -0.05) is 131 Å². The molecule has 3 saturated carbocycles. The molecule has 0 spiro atoms. The third-order valence-corrected chi connectivity index (χ3v) is 12.1. The van der Waals surface area contributed by atoms with Gasteiger partial charge in [0.25, 0.3) is 0 Å². The Labute approximate surface area is 227 Å². The highest BCUT2D eigenvalue weighted by molar-refractivity contribution is 7.79. The van der Waals surface area contributed by atoms with Crippen molar-refractivity contribution < 1.29 is 0 Å². The van der Waals surface area contributed by atoms with Gasteiger partial charge in [-0.05, 0) is 96.8 Å². The SMILES string of the molecule is c1ccc(P(c2ccccc2)c2ccc(C3CCCCC3)c(C3CCCCC3)c2C2CCCCC2)cc1. The first-order chi connectivity index (χ1) is 18.4. The van der Waals surface area contributed by atoms with Gasteiger partial charge < -0.3 is 0 Å². The van der Waals surface area contributed by atoms with Gasteiger partial charge in [-0.15, -0.1) is 0 Å². The molecule has 0 atom stereocenters. The van der Waals surface area contributed by atoms with Crippen molar-refractivity contribution in [3.63, 3.8) is 0 Å². The molecule has 0 N–H and O–H groups in total. The van der Waals surface area contributed by atoms with Crippen LogP contribution in [0.15, 0.2) is 72.8 Å². The van der Waals surface area contributed by atoms with E-state index in [1.165, 1.54) is 107 Å². The molecule has 3 aliphatic carbocycles. The second-order valence-electron chi connectivity index (χ2n) is 12.0.